The molecule has 1 saturated carbocycles. The molecule has 1 unspecified atom stereocenters. The van der Waals surface area contributed by atoms with Gasteiger partial charge in [-0.15, -0.1) is 0 Å². The van der Waals surface area contributed by atoms with Crippen LogP contribution in [-0.2, 0) is 4.74 Å². The first kappa shape index (κ1) is 9.40. The monoisotopic (exact) mass is 206 g/mol. The van der Waals surface area contributed by atoms with E-state index in [1.807, 2.05) is 12.3 Å². The summed E-state index contributed by atoms with van der Waals surface area (Å²) in [5, 5.41) is 4.36. The minimum Gasteiger partial charge on any atom is -0.375 e. The van der Waals surface area contributed by atoms with Gasteiger partial charge in [0.25, 0.3) is 0 Å². The van der Waals surface area contributed by atoms with Gasteiger partial charge in [-0.3, -0.25) is 4.68 Å². The second-order valence-electron chi connectivity index (χ2n) is 4.87. The van der Waals surface area contributed by atoms with Crippen LogP contribution in [0.3, 0.4) is 0 Å². The van der Waals surface area contributed by atoms with Gasteiger partial charge in [-0.05, 0) is 31.7 Å². The molecule has 82 valence electrons. The number of rotatable bonds is 1. The van der Waals surface area contributed by atoms with E-state index in [0.717, 1.165) is 19.4 Å². The lowest BCUT2D eigenvalue weighted by molar-refractivity contribution is -0.0909. The van der Waals surface area contributed by atoms with Crippen molar-refractivity contribution >= 4 is 0 Å². The van der Waals surface area contributed by atoms with Crippen molar-refractivity contribution in [2.24, 2.45) is 0 Å². The predicted molar refractivity (Wildman–Crippen MR) is 57.6 cm³/mol. The fourth-order valence-corrected chi connectivity index (χ4v) is 3.09. The SMILES string of the molecule is c1cnn(C2CCOC3(CCCC3)C2)c1. The molecule has 3 rings (SSSR count). The Balaban J connectivity index is 1.76. The molecule has 1 spiro atoms. The largest absolute Gasteiger partial charge is 0.375 e. The highest BCUT2D eigenvalue weighted by Gasteiger charge is 2.40. The van der Waals surface area contributed by atoms with Crippen molar-refractivity contribution in [3.63, 3.8) is 0 Å². The highest BCUT2D eigenvalue weighted by atomic mass is 16.5. The van der Waals surface area contributed by atoms with Gasteiger partial charge in [-0.2, -0.15) is 5.10 Å². The lowest BCUT2D eigenvalue weighted by atomic mass is 9.89. The van der Waals surface area contributed by atoms with Crippen molar-refractivity contribution in [1.29, 1.82) is 0 Å². The summed E-state index contributed by atoms with van der Waals surface area (Å²) in [5.41, 5.74) is 0.203. The first-order valence-corrected chi connectivity index (χ1v) is 6.01. The van der Waals surface area contributed by atoms with Gasteiger partial charge in [0.05, 0.1) is 11.6 Å². The zero-order valence-electron chi connectivity index (χ0n) is 9.06. The van der Waals surface area contributed by atoms with Crippen LogP contribution < -0.4 is 0 Å². The molecule has 0 N–H and O–H groups in total. The summed E-state index contributed by atoms with van der Waals surface area (Å²) < 4.78 is 8.13. The predicted octanol–water partition coefficient (Wildman–Crippen LogP) is 2.55. The van der Waals surface area contributed by atoms with E-state index < -0.39 is 0 Å². The molecular formula is C12H18N2O. The molecule has 1 aromatic rings. The Hall–Kier alpha value is -0.830. The Morgan fingerprint density at radius 3 is 2.93 bits per heavy atom. The highest BCUT2D eigenvalue weighted by molar-refractivity contribution is 4.94. The Kier molecular flexibility index (Phi) is 2.28. The molecule has 3 heteroatoms. The molecule has 0 radical (unpaired) electrons. The minimum absolute atomic E-state index is 0.203. The Bertz CT molecular complexity index is 314. The summed E-state index contributed by atoms with van der Waals surface area (Å²) in [7, 11) is 0. The molecule has 1 atom stereocenters. The molecule has 0 amide bonds. The van der Waals surface area contributed by atoms with Gasteiger partial charge >= 0.3 is 0 Å². The van der Waals surface area contributed by atoms with Crippen LogP contribution in [0, 0.1) is 0 Å². The third-order valence-electron chi connectivity index (χ3n) is 3.88. The van der Waals surface area contributed by atoms with Crippen molar-refractivity contribution in [1.82, 2.24) is 9.78 Å². The molecule has 15 heavy (non-hydrogen) atoms. The Morgan fingerprint density at radius 2 is 2.20 bits per heavy atom. The second kappa shape index (κ2) is 3.63. The van der Waals surface area contributed by atoms with Crippen molar-refractivity contribution in [2.45, 2.75) is 50.2 Å². The molecule has 1 aliphatic carbocycles. The van der Waals surface area contributed by atoms with Crippen LogP contribution in [0.5, 0.6) is 0 Å². The van der Waals surface area contributed by atoms with E-state index in [1.54, 1.807) is 0 Å². The molecular weight excluding hydrogens is 188 g/mol. The van der Waals surface area contributed by atoms with Crippen molar-refractivity contribution in [3.05, 3.63) is 18.5 Å². The van der Waals surface area contributed by atoms with E-state index in [4.69, 9.17) is 4.74 Å². The lowest BCUT2D eigenvalue weighted by Gasteiger charge is -2.38. The maximum absolute atomic E-state index is 6.01. The van der Waals surface area contributed by atoms with Gasteiger partial charge in [-0.1, -0.05) is 12.8 Å². The topological polar surface area (TPSA) is 27.1 Å². The Morgan fingerprint density at radius 1 is 1.33 bits per heavy atom. The van der Waals surface area contributed by atoms with E-state index in [2.05, 4.69) is 16.0 Å². The van der Waals surface area contributed by atoms with Crippen LogP contribution >= 0.6 is 0 Å². The molecule has 2 fully saturated rings. The summed E-state index contributed by atoms with van der Waals surface area (Å²) >= 11 is 0. The lowest BCUT2D eigenvalue weighted by Crippen LogP contribution is -2.38. The number of nitrogens with zero attached hydrogens (tertiary/aromatic N) is 2. The quantitative estimate of drug-likeness (QED) is 0.706. The zero-order valence-corrected chi connectivity index (χ0v) is 9.06. The van der Waals surface area contributed by atoms with Crippen LogP contribution in [0.1, 0.15) is 44.6 Å². The molecule has 1 aromatic heterocycles. The van der Waals surface area contributed by atoms with E-state index in [-0.39, 0.29) is 5.60 Å². The second-order valence-corrected chi connectivity index (χ2v) is 4.87. The first-order chi connectivity index (χ1) is 7.38. The van der Waals surface area contributed by atoms with Crippen LogP contribution in [0.2, 0.25) is 0 Å². The highest BCUT2D eigenvalue weighted by Crippen LogP contribution is 2.43. The zero-order chi connectivity index (χ0) is 10.1. The smallest absolute Gasteiger partial charge is 0.0703 e. The number of hydrogen-bond acceptors (Lipinski definition) is 2. The average molecular weight is 206 g/mol. The summed E-state index contributed by atoms with van der Waals surface area (Å²) in [6.45, 7) is 0.907. The number of ether oxygens (including phenoxy) is 1. The van der Waals surface area contributed by atoms with Gasteiger partial charge in [0.15, 0.2) is 0 Å². The maximum Gasteiger partial charge on any atom is 0.0703 e. The normalized spacial score (nSPS) is 29.7. The van der Waals surface area contributed by atoms with E-state index in [1.165, 1.54) is 25.7 Å². The number of aromatic nitrogens is 2. The molecule has 1 saturated heterocycles. The third-order valence-corrected chi connectivity index (χ3v) is 3.88. The molecule has 0 aromatic carbocycles. The summed E-state index contributed by atoms with van der Waals surface area (Å²) in [6, 6.07) is 2.57. The molecule has 3 nitrogen and oxygen atoms in total. The fraction of sp³-hybridized carbons (Fsp3) is 0.750. The van der Waals surface area contributed by atoms with Crippen molar-refractivity contribution in [2.75, 3.05) is 6.61 Å². The molecule has 2 aliphatic rings. The summed E-state index contributed by atoms with van der Waals surface area (Å²) in [6.07, 6.45) is 11.4. The van der Waals surface area contributed by atoms with E-state index in [0.29, 0.717) is 6.04 Å². The third kappa shape index (κ3) is 1.69. The first-order valence-electron chi connectivity index (χ1n) is 6.01. The molecule has 2 heterocycles. The van der Waals surface area contributed by atoms with E-state index in [9.17, 15) is 0 Å². The number of hydrogen-bond donors (Lipinski definition) is 0. The van der Waals surface area contributed by atoms with Gasteiger partial charge in [0.1, 0.15) is 0 Å². The molecule has 0 bridgehead atoms. The summed E-state index contributed by atoms with van der Waals surface area (Å²) in [4.78, 5) is 0. The van der Waals surface area contributed by atoms with Gasteiger partial charge < -0.3 is 4.74 Å². The van der Waals surface area contributed by atoms with Gasteiger partial charge in [0, 0.05) is 19.0 Å². The maximum atomic E-state index is 6.01. The van der Waals surface area contributed by atoms with Crippen LogP contribution in [0.25, 0.3) is 0 Å². The average Bonchev–Trinajstić information content (AvgIpc) is 2.89. The van der Waals surface area contributed by atoms with Crippen molar-refractivity contribution in [3.8, 4) is 0 Å². The van der Waals surface area contributed by atoms with Gasteiger partial charge in [-0.25, -0.2) is 0 Å². The van der Waals surface area contributed by atoms with Crippen LogP contribution in [0.4, 0.5) is 0 Å². The summed E-state index contributed by atoms with van der Waals surface area (Å²) in [5.74, 6) is 0. The van der Waals surface area contributed by atoms with Crippen LogP contribution in [0.15, 0.2) is 18.5 Å². The standard InChI is InChI=1S/C12H18N2O/c1-2-6-12(5-1)10-11(4-9-15-12)14-8-3-7-13-14/h3,7-8,11H,1-2,4-6,9-10H2. The van der Waals surface area contributed by atoms with E-state index >= 15 is 0 Å². The molecule has 1 aliphatic heterocycles. The minimum atomic E-state index is 0.203. The van der Waals surface area contributed by atoms with Crippen LogP contribution in [-0.4, -0.2) is 22.0 Å². The van der Waals surface area contributed by atoms with Gasteiger partial charge in [0.2, 0.25) is 0 Å². The Labute approximate surface area is 90.4 Å². The fourth-order valence-electron chi connectivity index (χ4n) is 3.09. The van der Waals surface area contributed by atoms with Crippen molar-refractivity contribution < 1.29 is 4.74 Å².